The van der Waals surface area contributed by atoms with Crippen molar-refractivity contribution in [1.82, 2.24) is 14.3 Å². The molecule has 0 saturated heterocycles. The summed E-state index contributed by atoms with van der Waals surface area (Å²) in [6.45, 7) is 0.376. The zero-order valence-electron chi connectivity index (χ0n) is 23.9. The molecular formula is C30H37ClF2N4O4. The van der Waals surface area contributed by atoms with Crippen molar-refractivity contribution in [2.24, 2.45) is 12.5 Å². The molecule has 1 N–H and O–H groups in total. The van der Waals surface area contributed by atoms with Gasteiger partial charge in [-0.05, 0) is 57.8 Å². The Bertz CT molecular complexity index is 1400. The molecule has 0 saturated carbocycles. The van der Waals surface area contributed by atoms with Crippen LogP contribution in [0.1, 0.15) is 42.2 Å². The van der Waals surface area contributed by atoms with Crippen molar-refractivity contribution < 1.29 is 23.1 Å². The van der Waals surface area contributed by atoms with E-state index in [0.29, 0.717) is 41.7 Å². The van der Waals surface area contributed by atoms with Crippen LogP contribution in [0.3, 0.4) is 0 Å². The molecule has 0 unspecified atom stereocenters. The van der Waals surface area contributed by atoms with Crippen molar-refractivity contribution in [3.8, 4) is 11.4 Å². The first-order valence-electron chi connectivity index (χ1n) is 13.4. The van der Waals surface area contributed by atoms with Crippen LogP contribution in [0.5, 0.6) is 5.75 Å². The minimum absolute atomic E-state index is 0.0613. The number of carbonyl (C=O) groups is 2. The average molecular weight is 591 g/mol. The van der Waals surface area contributed by atoms with E-state index < -0.39 is 42.4 Å². The van der Waals surface area contributed by atoms with Crippen LogP contribution in [0.4, 0.5) is 14.5 Å². The zero-order valence-corrected chi connectivity index (χ0v) is 24.6. The second-order valence-electron chi connectivity index (χ2n) is 10.3. The number of rotatable bonds is 15. The third-order valence-electron chi connectivity index (χ3n) is 6.97. The number of hydrogen-bond acceptors (Lipinski definition) is 5. The van der Waals surface area contributed by atoms with Crippen LogP contribution in [0.25, 0.3) is 5.69 Å². The topological polar surface area (TPSA) is 85.6 Å². The highest BCUT2D eigenvalue weighted by molar-refractivity contribution is 6.31. The van der Waals surface area contributed by atoms with Crippen LogP contribution in [-0.2, 0) is 18.3 Å². The van der Waals surface area contributed by atoms with E-state index in [1.54, 1.807) is 55.1 Å². The quantitative estimate of drug-likeness (QED) is 0.244. The smallest absolute Gasteiger partial charge is 0.295 e. The Morgan fingerprint density at radius 1 is 1.10 bits per heavy atom. The maximum atomic E-state index is 14.3. The number of amides is 1. The molecular weight excluding hydrogens is 554 g/mol. The van der Waals surface area contributed by atoms with Crippen molar-refractivity contribution >= 4 is 29.0 Å². The predicted molar refractivity (Wildman–Crippen MR) is 157 cm³/mol. The Labute approximate surface area is 243 Å². The summed E-state index contributed by atoms with van der Waals surface area (Å²) in [6.07, 6.45) is -0.543. The lowest BCUT2D eigenvalue weighted by atomic mass is 9.81. The number of para-hydroxylation sites is 1. The van der Waals surface area contributed by atoms with Crippen LogP contribution < -0.4 is 15.6 Å². The van der Waals surface area contributed by atoms with Gasteiger partial charge in [-0.2, -0.15) is 0 Å². The first kappa shape index (κ1) is 32.0. The molecule has 0 aliphatic heterocycles. The number of Topliss-reactive ketones (excluding diaryl/α,β-unsaturated/α-hetero) is 1. The molecule has 3 aromatic rings. The maximum Gasteiger partial charge on any atom is 0.295 e. The van der Waals surface area contributed by atoms with E-state index in [1.165, 1.54) is 10.7 Å². The van der Waals surface area contributed by atoms with Gasteiger partial charge in [-0.25, -0.2) is 4.68 Å². The molecule has 3 rings (SSSR count). The van der Waals surface area contributed by atoms with E-state index in [9.17, 15) is 23.2 Å². The summed E-state index contributed by atoms with van der Waals surface area (Å²) >= 11 is 6.06. The molecule has 1 amide bonds. The third kappa shape index (κ3) is 7.83. The van der Waals surface area contributed by atoms with Crippen molar-refractivity contribution in [3.63, 3.8) is 0 Å². The summed E-state index contributed by atoms with van der Waals surface area (Å²) in [7, 11) is 5.51. The van der Waals surface area contributed by atoms with Gasteiger partial charge in [0.2, 0.25) is 5.91 Å². The number of aromatic nitrogens is 2. The number of hydrogen-bond donors (Lipinski definition) is 1. The number of benzene rings is 2. The van der Waals surface area contributed by atoms with Crippen molar-refractivity contribution in [2.75, 3.05) is 45.9 Å². The Hall–Kier alpha value is -3.50. The lowest BCUT2D eigenvalue weighted by molar-refractivity contribution is -0.119. The highest BCUT2D eigenvalue weighted by Gasteiger charge is 2.35. The molecule has 11 heteroatoms. The Kier molecular flexibility index (Phi) is 11.3. The van der Waals surface area contributed by atoms with Gasteiger partial charge in [-0.1, -0.05) is 29.8 Å². The zero-order chi connectivity index (χ0) is 30.2. The minimum atomic E-state index is -1.73. The molecule has 1 heterocycles. The fourth-order valence-electron chi connectivity index (χ4n) is 4.64. The van der Waals surface area contributed by atoms with Crippen LogP contribution >= 0.6 is 11.6 Å². The van der Waals surface area contributed by atoms with E-state index >= 15 is 0 Å². The van der Waals surface area contributed by atoms with Crippen LogP contribution in [0, 0.1) is 5.41 Å². The third-order valence-corrected chi connectivity index (χ3v) is 7.21. The number of nitrogens with zero attached hydrogens (tertiary/aromatic N) is 3. The number of carbonyl (C=O) groups excluding carboxylic acids is 2. The summed E-state index contributed by atoms with van der Waals surface area (Å²) in [6, 6.07) is 13.6. The molecule has 0 atom stereocenters. The monoisotopic (exact) mass is 590 g/mol. The van der Waals surface area contributed by atoms with E-state index in [4.69, 9.17) is 16.3 Å². The number of nitrogens with one attached hydrogen (secondary N) is 1. The molecule has 1 aromatic heterocycles. The largest absolute Gasteiger partial charge is 0.493 e. The van der Waals surface area contributed by atoms with E-state index in [0.717, 1.165) is 0 Å². The highest BCUT2D eigenvalue weighted by Crippen LogP contribution is 2.33. The fourth-order valence-corrected chi connectivity index (χ4v) is 4.81. The van der Waals surface area contributed by atoms with Gasteiger partial charge in [0.05, 0.1) is 36.9 Å². The van der Waals surface area contributed by atoms with E-state index in [2.05, 4.69) is 5.32 Å². The number of ether oxygens (including phenoxy) is 1. The summed E-state index contributed by atoms with van der Waals surface area (Å²) < 4.78 is 37.3. The fraction of sp³-hybridized carbons (Fsp3) is 0.433. The lowest BCUT2D eigenvalue weighted by Gasteiger charge is -2.27. The summed E-state index contributed by atoms with van der Waals surface area (Å²) in [5.41, 5.74) is -0.725. The normalized spacial score (nSPS) is 11.6. The molecule has 41 heavy (non-hydrogen) atoms. The molecule has 8 nitrogen and oxygen atoms in total. The van der Waals surface area contributed by atoms with Gasteiger partial charge in [0.1, 0.15) is 11.4 Å². The van der Waals surface area contributed by atoms with Gasteiger partial charge in [-0.3, -0.25) is 27.8 Å². The standard InChI is InChI=1S/C30H37ClF2N4O4/c1-5-41-26-12-11-21(31)17-23(26)25(38)13-15-30(19-32,20-33)18-27(39)34-28-24(14-16-35(2)3)36(4)37(29(28)40)22-9-7-6-8-10-22/h6-12,17H,5,13-16,18-20H2,1-4H3,(H,34,39). The molecule has 2 aromatic carbocycles. The SMILES string of the molecule is CCOc1ccc(Cl)cc1C(=O)CCC(CF)(CF)CC(=O)Nc1c(CCN(C)C)n(C)n(-c2ccccc2)c1=O. The molecule has 222 valence electrons. The van der Waals surface area contributed by atoms with Crippen LogP contribution in [0.15, 0.2) is 53.3 Å². The molecule has 0 spiro atoms. The first-order valence-corrected chi connectivity index (χ1v) is 13.8. The second-order valence-corrected chi connectivity index (χ2v) is 10.8. The molecule has 0 aliphatic rings. The lowest BCUT2D eigenvalue weighted by Crippen LogP contribution is -2.33. The Morgan fingerprint density at radius 3 is 2.39 bits per heavy atom. The number of alkyl halides is 2. The minimum Gasteiger partial charge on any atom is -0.493 e. The van der Waals surface area contributed by atoms with Gasteiger partial charge in [-0.15, -0.1) is 0 Å². The van der Waals surface area contributed by atoms with Gasteiger partial charge < -0.3 is 15.0 Å². The predicted octanol–water partition coefficient (Wildman–Crippen LogP) is 5.25. The van der Waals surface area contributed by atoms with Gasteiger partial charge in [0.25, 0.3) is 5.56 Å². The second kappa shape index (κ2) is 14.4. The maximum absolute atomic E-state index is 14.3. The van der Waals surface area contributed by atoms with E-state index in [1.807, 2.05) is 25.1 Å². The summed E-state index contributed by atoms with van der Waals surface area (Å²) in [5.74, 6) is -0.781. The number of anilines is 1. The van der Waals surface area contributed by atoms with Crippen molar-refractivity contribution in [3.05, 3.63) is 75.2 Å². The van der Waals surface area contributed by atoms with Crippen LogP contribution in [0.2, 0.25) is 5.02 Å². The van der Waals surface area contributed by atoms with Crippen molar-refractivity contribution in [2.45, 2.75) is 32.6 Å². The highest BCUT2D eigenvalue weighted by atomic mass is 35.5. The number of halogens is 3. The Balaban J connectivity index is 1.84. The molecule has 0 aliphatic carbocycles. The molecule has 0 fully saturated rings. The Morgan fingerprint density at radius 2 is 1.78 bits per heavy atom. The average Bonchev–Trinajstić information content (AvgIpc) is 3.19. The first-order chi connectivity index (χ1) is 19.6. The van der Waals surface area contributed by atoms with Crippen molar-refractivity contribution in [1.29, 1.82) is 0 Å². The number of ketones is 1. The van der Waals surface area contributed by atoms with E-state index in [-0.39, 0.29) is 24.1 Å². The molecule has 0 radical (unpaired) electrons. The summed E-state index contributed by atoms with van der Waals surface area (Å²) in [5, 5.41) is 2.97. The van der Waals surface area contributed by atoms with Crippen LogP contribution in [-0.4, -0.2) is 66.6 Å². The molecule has 0 bridgehead atoms. The number of likely N-dealkylation sites (N-methyl/N-ethyl adjacent to an activating group) is 1. The van der Waals surface area contributed by atoms with Gasteiger partial charge >= 0.3 is 0 Å². The van der Waals surface area contributed by atoms with Gasteiger partial charge in [0, 0.05) is 43.3 Å². The van der Waals surface area contributed by atoms with Gasteiger partial charge in [0.15, 0.2) is 5.78 Å². The summed E-state index contributed by atoms with van der Waals surface area (Å²) in [4.78, 5) is 41.6.